The molecule has 3 heterocycles. The van der Waals surface area contributed by atoms with Gasteiger partial charge >= 0.3 is 6.55 Å². The number of piperidine rings is 1. The molecule has 1 fully saturated rings. The Bertz CT molecular complexity index is 660. The molecule has 8 heteroatoms. The molecular weight excluding hydrogens is 292 g/mol. The van der Waals surface area contributed by atoms with Crippen LogP contribution in [0.1, 0.15) is 19.4 Å². The van der Waals surface area contributed by atoms with Crippen molar-refractivity contribution in [3.63, 3.8) is 0 Å². The van der Waals surface area contributed by atoms with Gasteiger partial charge in [-0.1, -0.05) is 0 Å². The number of hydrogen-bond acceptors (Lipinski definition) is 5. The SMILES string of the molecule is Nc1cc(N2CCC[C@H](O)C2)c(-c2cnn(C(F)F)c2)cn1. The minimum atomic E-state index is -2.68. The monoisotopic (exact) mass is 309 g/mol. The number of aliphatic hydroxyl groups is 1. The van der Waals surface area contributed by atoms with Gasteiger partial charge in [0.1, 0.15) is 5.82 Å². The molecule has 6 nitrogen and oxygen atoms in total. The van der Waals surface area contributed by atoms with Crippen LogP contribution in [0.15, 0.2) is 24.7 Å². The molecule has 2 aromatic rings. The fourth-order valence-electron chi connectivity index (χ4n) is 2.70. The number of aromatic nitrogens is 3. The van der Waals surface area contributed by atoms with Crippen LogP contribution in [-0.4, -0.2) is 39.1 Å². The number of pyridine rings is 1. The van der Waals surface area contributed by atoms with Gasteiger partial charge in [-0.3, -0.25) is 0 Å². The lowest BCUT2D eigenvalue weighted by Crippen LogP contribution is -2.38. The van der Waals surface area contributed by atoms with Gasteiger partial charge in [-0.25, -0.2) is 9.67 Å². The molecule has 0 saturated carbocycles. The molecule has 3 N–H and O–H groups in total. The highest BCUT2D eigenvalue weighted by Gasteiger charge is 2.22. The summed E-state index contributed by atoms with van der Waals surface area (Å²) in [7, 11) is 0. The van der Waals surface area contributed by atoms with E-state index >= 15 is 0 Å². The average Bonchev–Trinajstić information content (AvgIpc) is 2.97. The number of β-amino-alcohol motifs (C(OH)–C–C–N with tert-alkyl or cyclic N) is 1. The van der Waals surface area contributed by atoms with Crippen molar-refractivity contribution in [3.05, 3.63) is 24.7 Å². The highest BCUT2D eigenvalue weighted by Crippen LogP contribution is 2.33. The summed E-state index contributed by atoms with van der Waals surface area (Å²) in [5, 5.41) is 13.5. The normalized spacial score (nSPS) is 18.9. The van der Waals surface area contributed by atoms with Gasteiger partial charge in [-0.15, -0.1) is 0 Å². The van der Waals surface area contributed by atoms with Crippen molar-refractivity contribution < 1.29 is 13.9 Å². The third-order valence-corrected chi connectivity index (χ3v) is 3.75. The van der Waals surface area contributed by atoms with Crippen LogP contribution in [0.3, 0.4) is 0 Å². The molecular formula is C14H17F2N5O. The van der Waals surface area contributed by atoms with Crippen LogP contribution < -0.4 is 10.6 Å². The number of alkyl halides is 2. The molecule has 1 aliphatic rings. The Morgan fingerprint density at radius 3 is 2.86 bits per heavy atom. The molecule has 22 heavy (non-hydrogen) atoms. The topological polar surface area (TPSA) is 80.2 Å². The first kappa shape index (κ1) is 14.7. The smallest absolute Gasteiger partial charge is 0.333 e. The van der Waals surface area contributed by atoms with E-state index in [4.69, 9.17) is 5.73 Å². The van der Waals surface area contributed by atoms with E-state index in [0.29, 0.717) is 28.2 Å². The average molecular weight is 309 g/mol. The van der Waals surface area contributed by atoms with Crippen LogP contribution >= 0.6 is 0 Å². The van der Waals surface area contributed by atoms with E-state index in [9.17, 15) is 13.9 Å². The van der Waals surface area contributed by atoms with E-state index in [0.717, 1.165) is 25.1 Å². The molecule has 118 valence electrons. The number of nitrogens with zero attached hydrogens (tertiary/aromatic N) is 4. The van der Waals surface area contributed by atoms with Crippen molar-refractivity contribution in [1.82, 2.24) is 14.8 Å². The van der Waals surface area contributed by atoms with Gasteiger partial charge in [-0.2, -0.15) is 13.9 Å². The summed E-state index contributed by atoms with van der Waals surface area (Å²) in [4.78, 5) is 6.05. The summed E-state index contributed by atoms with van der Waals surface area (Å²) in [5.41, 5.74) is 7.76. The number of nitrogen functional groups attached to an aromatic ring is 1. The summed E-state index contributed by atoms with van der Waals surface area (Å²) in [6.45, 7) is -1.42. The Morgan fingerprint density at radius 1 is 1.36 bits per heavy atom. The predicted molar refractivity (Wildman–Crippen MR) is 78.6 cm³/mol. The van der Waals surface area contributed by atoms with Gasteiger partial charge in [0.05, 0.1) is 18.0 Å². The van der Waals surface area contributed by atoms with Crippen LogP contribution in [0, 0.1) is 0 Å². The van der Waals surface area contributed by atoms with E-state index in [1.54, 1.807) is 12.3 Å². The second-order valence-electron chi connectivity index (χ2n) is 5.36. The van der Waals surface area contributed by atoms with Gasteiger partial charge < -0.3 is 15.7 Å². The maximum atomic E-state index is 12.7. The zero-order valence-corrected chi connectivity index (χ0v) is 11.9. The van der Waals surface area contributed by atoms with Crippen LogP contribution in [0.2, 0.25) is 0 Å². The molecule has 0 unspecified atom stereocenters. The standard InChI is InChI=1S/C14H17F2N5O/c15-14(16)21-7-9(5-19-21)11-6-18-13(17)4-12(11)20-3-1-2-10(22)8-20/h4-7,10,14,22H,1-3,8H2,(H2,17,18)/t10-/m0/s1. The number of nitrogens with two attached hydrogens (primary N) is 1. The molecule has 0 aromatic carbocycles. The van der Waals surface area contributed by atoms with E-state index < -0.39 is 12.7 Å². The van der Waals surface area contributed by atoms with Crippen molar-refractivity contribution in [2.24, 2.45) is 0 Å². The molecule has 0 radical (unpaired) electrons. The minimum absolute atomic E-state index is 0.347. The number of rotatable bonds is 3. The lowest BCUT2D eigenvalue weighted by molar-refractivity contribution is 0.0566. The van der Waals surface area contributed by atoms with Crippen molar-refractivity contribution in [3.8, 4) is 11.1 Å². The van der Waals surface area contributed by atoms with Crippen molar-refractivity contribution in [1.29, 1.82) is 0 Å². The molecule has 0 amide bonds. The zero-order valence-electron chi connectivity index (χ0n) is 11.9. The third kappa shape index (κ3) is 2.87. The molecule has 0 aliphatic carbocycles. The Labute approximate surface area is 126 Å². The lowest BCUT2D eigenvalue weighted by Gasteiger charge is -2.33. The molecule has 1 saturated heterocycles. The molecule has 3 rings (SSSR count). The summed E-state index contributed by atoms with van der Waals surface area (Å²) < 4.78 is 26.0. The van der Waals surface area contributed by atoms with Crippen molar-refractivity contribution in [2.75, 3.05) is 23.7 Å². The minimum Gasteiger partial charge on any atom is -0.391 e. The summed E-state index contributed by atoms with van der Waals surface area (Å²) >= 11 is 0. The largest absolute Gasteiger partial charge is 0.391 e. The quantitative estimate of drug-likeness (QED) is 0.905. The maximum Gasteiger partial charge on any atom is 0.333 e. The van der Waals surface area contributed by atoms with E-state index in [1.807, 2.05) is 4.90 Å². The van der Waals surface area contributed by atoms with Gasteiger partial charge in [0.25, 0.3) is 0 Å². The predicted octanol–water partition coefficient (Wildman–Crippen LogP) is 1.88. The van der Waals surface area contributed by atoms with Crippen LogP contribution in [0.25, 0.3) is 11.1 Å². The molecule has 2 aromatic heterocycles. The molecule has 1 aliphatic heterocycles. The van der Waals surface area contributed by atoms with Crippen LogP contribution in [0.4, 0.5) is 20.3 Å². The Hall–Kier alpha value is -2.22. The number of halogens is 2. The van der Waals surface area contributed by atoms with Gasteiger partial charge in [0.2, 0.25) is 0 Å². The zero-order chi connectivity index (χ0) is 15.7. The second kappa shape index (κ2) is 5.88. The number of anilines is 2. The fourth-order valence-corrected chi connectivity index (χ4v) is 2.70. The van der Waals surface area contributed by atoms with E-state index in [-0.39, 0.29) is 0 Å². The summed E-state index contributed by atoms with van der Waals surface area (Å²) in [6, 6.07) is 1.70. The highest BCUT2D eigenvalue weighted by molar-refractivity contribution is 5.79. The van der Waals surface area contributed by atoms with Crippen LogP contribution in [0.5, 0.6) is 0 Å². The van der Waals surface area contributed by atoms with Gasteiger partial charge in [0.15, 0.2) is 0 Å². The number of hydrogen-bond donors (Lipinski definition) is 2. The first-order valence-corrected chi connectivity index (χ1v) is 7.06. The molecule has 0 spiro atoms. The Balaban J connectivity index is 1.99. The lowest BCUT2D eigenvalue weighted by atomic mass is 10.0. The van der Waals surface area contributed by atoms with Crippen molar-refractivity contribution >= 4 is 11.5 Å². The molecule has 0 bridgehead atoms. The van der Waals surface area contributed by atoms with Crippen molar-refractivity contribution in [2.45, 2.75) is 25.5 Å². The Morgan fingerprint density at radius 2 is 2.18 bits per heavy atom. The summed E-state index contributed by atoms with van der Waals surface area (Å²) in [5.74, 6) is 0.347. The van der Waals surface area contributed by atoms with Crippen LogP contribution in [-0.2, 0) is 0 Å². The maximum absolute atomic E-state index is 12.7. The van der Waals surface area contributed by atoms with Gasteiger partial charge in [-0.05, 0) is 12.8 Å². The molecule has 1 atom stereocenters. The first-order valence-electron chi connectivity index (χ1n) is 7.06. The Kier molecular flexibility index (Phi) is 3.93. The number of aliphatic hydroxyl groups excluding tert-OH is 1. The second-order valence-corrected chi connectivity index (χ2v) is 5.36. The fraction of sp³-hybridized carbons (Fsp3) is 0.429. The van der Waals surface area contributed by atoms with E-state index in [2.05, 4.69) is 10.1 Å². The van der Waals surface area contributed by atoms with Gasteiger partial charge in [0, 0.05) is 42.7 Å². The van der Waals surface area contributed by atoms with E-state index in [1.165, 1.54) is 12.4 Å². The summed E-state index contributed by atoms with van der Waals surface area (Å²) in [6.07, 6.45) is 5.43. The highest BCUT2D eigenvalue weighted by atomic mass is 19.3. The third-order valence-electron chi connectivity index (χ3n) is 3.75. The first-order chi connectivity index (χ1) is 10.5.